The topological polar surface area (TPSA) is 107 Å². The number of anilines is 1. The molecule has 7 nitrogen and oxygen atoms in total. The summed E-state index contributed by atoms with van der Waals surface area (Å²) in [4.78, 5) is 27.8. The Hall–Kier alpha value is -3.42. The van der Waals surface area contributed by atoms with Gasteiger partial charge in [-0.15, -0.1) is 0 Å². The van der Waals surface area contributed by atoms with Crippen molar-refractivity contribution >= 4 is 28.5 Å². The number of benzene rings is 1. The highest BCUT2D eigenvalue weighted by atomic mass is 19.1. The Bertz CT molecular complexity index is 937. The van der Waals surface area contributed by atoms with Crippen molar-refractivity contribution in [2.45, 2.75) is 0 Å². The van der Waals surface area contributed by atoms with Crippen LogP contribution in [0.25, 0.3) is 11.0 Å². The number of methoxy groups -OCH3 is 1. The standard InChI is InChI=1S/C16H12FN3O4/c1-23-11-7-8(17)6-9-12(14(15(18)21)24-13(9)11)20-16(22)10-4-2-3-5-19-10/h2-7H,1H3,(H2,18,21)(H,20,22). The molecule has 1 aromatic carbocycles. The summed E-state index contributed by atoms with van der Waals surface area (Å²) in [6.45, 7) is 0. The zero-order valence-electron chi connectivity index (χ0n) is 12.5. The molecule has 0 atom stereocenters. The van der Waals surface area contributed by atoms with Crippen molar-refractivity contribution in [2.24, 2.45) is 5.73 Å². The molecule has 8 heteroatoms. The quantitative estimate of drug-likeness (QED) is 0.764. The van der Waals surface area contributed by atoms with Crippen LogP contribution in [0, 0.1) is 5.82 Å². The number of nitrogens with zero attached hydrogens (tertiary/aromatic N) is 1. The molecule has 0 spiro atoms. The minimum absolute atomic E-state index is 0.0362. The number of pyridine rings is 1. The first-order chi connectivity index (χ1) is 11.5. The Morgan fingerprint density at radius 1 is 1.33 bits per heavy atom. The van der Waals surface area contributed by atoms with Gasteiger partial charge in [0.25, 0.3) is 11.8 Å². The van der Waals surface area contributed by atoms with Crippen LogP contribution in [0.3, 0.4) is 0 Å². The van der Waals surface area contributed by atoms with Crippen LogP contribution in [0.1, 0.15) is 21.0 Å². The number of carbonyl (C=O) groups is 2. The largest absolute Gasteiger partial charge is 0.493 e. The van der Waals surface area contributed by atoms with E-state index in [4.69, 9.17) is 14.9 Å². The second kappa shape index (κ2) is 5.99. The zero-order chi connectivity index (χ0) is 17.3. The molecule has 0 aliphatic heterocycles. The molecule has 0 saturated carbocycles. The first-order valence-electron chi connectivity index (χ1n) is 6.83. The van der Waals surface area contributed by atoms with E-state index in [9.17, 15) is 14.0 Å². The minimum Gasteiger partial charge on any atom is -0.493 e. The maximum Gasteiger partial charge on any atom is 0.286 e. The van der Waals surface area contributed by atoms with Crippen LogP contribution >= 0.6 is 0 Å². The van der Waals surface area contributed by atoms with E-state index in [1.165, 1.54) is 19.4 Å². The van der Waals surface area contributed by atoms with E-state index in [-0.39, 0.29) is 33.9 Å². The van der Waals surface area contributed by atoms with Crippen LogP contribution in [0.2, 0.25) is 0 Å². The molecule has 2 amide bonds. The number of hydrogen-bond donors (Lipinski definition) is 2. The molecule has 2 heterocycles. The van der Waals surface area contributed by atoms with Crippen LogP contribution < -0.4 is 15.8 Å². The van der Waals surface area contributed by atoms with Crippen molar-refractivity contribution in [3.63, 3.8) is 0 Å². The number of primary amides is 1. The van der Waals surface area contributed by atoms with Gasteiger partial charge in [0, 0.05) is 12.3 Å². The van der Waals surface area contributed by atoms with E-state index in [1.807, 2.05) is 0 Å². The van der Waals surface area contributed by atoms with Crippen LogP contribution in [-0.2, 0) is 0 Å². The SMILES string of the molecule is COc1cc(F)cc2c(NC(=O)c3ccccn3)c(C(N)=O)oc12. The molecule has 0 aliphatic carbocycles. The number of ether oxygens (including phenoxy) is 1. The fraction of sp³-hybridized carbons (Fsp3) is 0.0625. The first-order valence-corrected chi connectivity index (χ1v) is 6.83. The van der Waals surface area contributed by atoms with E-state index in [2.05, 4.69) is 10.3 Å². The number of halogens is 1. The number of nitrogens with one attached hydrogen (secondary N) is 1. The maximum atomic E-state index is 13.8. The van der Waals surface area contributed by atoms with Crippen molar-refractivity contribution < 1.29 is 23.1 Å². The van der Waals surface area contributed by atoms with Crippen molar-refractivity contribution in [2.75, 3.05) is 12.4 Å². The number of fused-ring (bicyclic) bond motifs is 1. The summed E-state index contributed by atoms with van der Waals surface area (Å²) in [6, 6.07) is 6.98. The van der Waals surface area contributed by atoms with Crippen molar-refractivity contribution in [3.8, 4) is 5.75 Å². The predicted molar refractivity (Wildman–Crippen MR) is 83.4 cm³/mol. The number of nitrogens with two attached hydrogens (primary N) is 1. The van der Waals surface area contributed by atoms with Crippen molar-refractivity contribution in [1.82, 2.24) is 4.98 Å². The molecule has 0 fully saturated rings. The van der Waals surface area contributed by atoms with E-state index in [1.54, 1.807) is 12.1 Å². The van der Waals surface area contributed by atoms with Crippen LogP contribution in [0.15, 0.2) is 40.9 Å². The minimum atomic E-state index is -0.912. The summed E-state index contributed by atoms with van der Waals surface area (Å²) in [7, 11) is 1.33. The highest BCUT2D eigenvalue weighted by molar-refractivity contribution is 6.14. The number of carbonyl (C=O) groups excluding carboxylic acids is 2. The lowest BCUT2D eigenvalue weighted by atomic mass is 10.2. The predicted octanol–water partition coefficient (Wildman–Crippen LogP) is 2.33. The van der Waals surface area contributed by atoms with E-state index in [0.717, 1.165) is 12.1 Å². The lowest BCUT2D eigenvalue weighted by Crippen LogP contribution is -2.17. The summed E-state index contributed by atoms with van der Waals surface area (Å²) in [5.74, 6) is -2.36. The Morgan fingerprint density at radius 3 is 2.75 bits per heavy atom. The third-order valence-corrected chi connectivity index (χ3v) is 3.30. The van der Waals surface area contributed by atoms with Crippen LogP contribution in [-0.4, -0.2) is 23.9 Å². The van der Waals surface area contributed by atoms with Gasteiger partial charge in [0.15, 0.2) is 11.3 Å². The lowest BCUT2D eigenvalue weighted by molar-refractivity contribution is 0.0977. The fourth-order valence-electron chi connectivity index (χ4n) is 2.26. The van der Waals surface area contributed by atoms with Crippen molar-refractivity contribution in [1.29, 1.82) is 0 Å². The molecule has 3 aromatic rings. The Labute approximate surface area is 135 Å². The normalized spacial score (nSPS) is 10.6. The van der Waals surface area contributed by atoms with Gasteiger partial charge < -0.3 is 20.2 Å². The Morgan fingerprint density at radius 2 is 2.12 bits per heavy atom. The molecule has 0 unspecified atom stereocenters. The molecule has 3 rings (SSSR count). The van der Waals surface area contributed by atoms with E-state index >= 15 is 0 Å². The van der Waals surface area contributed by atoms with Crippen molar-refractivity contribution in [3.05, 3.63) is 53.8 Å². The average Bonchev–Trinajstić information content (AvgIpc) is 2.93. The molecule has 24 heavy (non-hydrogen) atoms. The van der Waals surface area contributed by atoms with Gasteiger partial charge in [0.2, 0.25) is 5.76 Å². The average molecular weight is 329 g/mol. The van der Waals surface area contributed by atoms with Gasteiger partial charge in [0.05, 0.1) is 12.5 Å². The van der Waals surface area contributed by atoms with Gasteiger partial charge in [0.1, 0.15) is 17.2 Å². The highest BCUT2D eigenvalue weighted by Gasteiger charge is 2.24. The van der Waals surface area contributed by atoms with Gasteiger partial charge >= 0.3 is 0 Å². The number of furan rings is 1. The molecule has 0 aliphatic rings. The second-order valence-electron chi connectivity index (χ2n) is 4.82. The third kappa shape index (κ3) is 2.65. The van der Waals surface area contributed by atoms with Gasteiger partial charge in [-0.1, -0.05) is 6.07 Å². The molecule has 2 aromatic heterocycles. The summed E-state index contributed by atoms with van der Waals surface area (Å²) >= 11 is 0. The molecular weight excluding hydrogens is 317 g/mol. The Balaban J connectivity index is 2.15. The molecule has 0 bridgehead atoms. The van der Waals surface area contributed by atoms with Crippen LogP contribution in [0.4, 0.5) is 10.1 Å². The molecule has 3 N–H and O–H groups in total. The molecule has 0 radical (unpaired) electrons. The second-order valence-corrected chi connectivity index (χ2v) is 4.82. The number of amides is 2. The fourth-order valence-corrected chi connectivity index (χ4v) is 2.26. The smallest absolute Gasteiger partial charge is 0.286 e. The molecule has 0 saturated heterocycles. The number of hydrogen-bond acceptors (Lipinski definition) is 5. The Kier molecular flexibility index (Phi) is 3.87. The van der Waals surface area contributed by atoms with Gasteiger partial charge in [-0.2, -0.15) is 0 Å². The zero-order valence-corrected chi connectivity index (χ0v) is 12.5. The van der Waals surface area contributed by atoms with Gasteiger partial charge in [-0.3, -0.25) is 14.6 Å². The summed E-state index contributed by atoms with van der Waals surface area (Å²) < 4.78 is 24.2. The van der Waals surface area contributed by atoms with Gasteiger partial charge in [-0.05, 0) is 18.2 Å². The molecular formula is C16H12FN3O4. The monoisotopic (exact) mass is 329 g/mol. The van der Waals surface area contributed by atoms with Crippen LogP contribution in [0.5, 0.6) is 5.75 Å². The summed E-state index contributed by atoms with van der Waals surface area (Å²) in [5.41, 5.74) is 5.47. The highest BCUT2D eigenvalue weighted by Crippen LogP contribution is 2.37. The lowest BCUT2D eigenvalue weighted by Gasteiger charge is -2.04. The summed E-state index contributed by atoms with van der Waals surface area (Å²) in [6.07, 6.45) is 1.44. The number of rotatable bonds is 4. The maximum absolute atomic E-state index is 13.8. The number of aromatic nitrogens is 1. The van der Waals surface area contributed by atoms with E-state index < -0.39 is 17.6 Å². The summed E-state index contributed by atoms with van der Waals surface area (Å²) in [5, 5.41) is 2.65. The third-order valence-electron chi connectivity index (χ3n) is 3.30. The van der Waals surface area contributed by atoms with E-state index in [0.29, 0.717) is 0 Å². The van der Waals surface area contributed by atoms with Gasteiger partial charge in [-0.25, -0.2) is 4.39 Å². The molecule has 122 valence electrons. The first kappa shape index (κ1) is 15.5.